The van der Waals surface area contributed by atoms with E-state index in [1.165, 1.54) is 0 Å². The van der Waals surface area contributed by atoms with Gasteiger partial charge in [-0.2, -0.15) is 11.8 Å². The lowest BCUT2D eigenvalue weighted by atomic mass is 10.0. The molecule has 0 saturated carbocycles. The molecule has 136 valence electrons. The Morgan fingerprint density at radius 3 is 2.83 bits per heavy atom. The lowest BCUT2D eigenvalue weighted by molar-refractivity contribution is -0.126. The Bertz CT molecular complexity index is 470. The second-order valence-corrected chi connectivity index (χ2v) is 7.65. The van der Waals surface area contributed by atoms with Gasteiger partial charge in [-0.1, -0.05) is 13.3 Å². The number of nitrogens with one attached hydrogen (secondary N) is 4. The molecule has 4 N–H and O–H groups in total. The number of ketones is 1. The van der Waals surface area contributed by atoms with Crippen LogP contribution in [0.3, 0.4) is 0 Å². The third-order valence-electron chi connectivity index (χ3n) is 4.67. The zero-order chi connectivity index (χ0) is 17.5. The first-order valence-electron chi connectivity index (χ1n) is 8.70. The first-order valence-corrected chi connectivity index (χ1v) is 9.75. The fraction of sp³-hybridized carbons (Fsp3) is 0.812. The Labute approximate surface area is 147 Å². The summed E-state index contributed by atoms with van der Waals surface area (Å²) >= 11 is 1.89. The van der Waals surface area contributed by atoms with Crippen molar-refractivity contribution in [3.8, 4) is 0 Å². The first kappa shape index (κ1) is 19.1. The molecule has 4 atom stereocenters. The van der Waals surface area contributed by atoms with Crippen molar-refractivity contribution < 1.29 is 14.4 Å². The zero-order valence-electron chi connectivity index (χ0n) is 14.4. The van der Waals surface area contributed by atoms with E-state index in [2.05, 4.69) is 21.3 Å². The summed E-state index contributed by atoms with van der Waals surface area (Å²) in [6.45, 7) is 2.04. The van der Waals surface area contributed by atoms with E-state index >= 15 is 0 Å². The molecule has 2 rings (SSSR count). The molecule has 2 heterocycles. The molecule has 0 aromatic heterocycles. The van der Waals surface area contributed by atoms with Gasteiger partial charge in [-0.15, -0.1) is 0 Å². The van der Waals surface area contributed by atoms with Gasteiger partial charge in [0.2, 0.25) is 5.91 Å². The van der Waals surface area contributed by atoms with Gasteiger partial charge in [-0.3, -0.25) is 9.59 Å². The van der Waals surface area contributed by atoms with Gasteiger partial charge in [0, 0.05) is 17.4 Å². The van der Waals surface area contributed by atoms with E-state index in [4.69, 9.17) is 0 Å². The molecule has 4 unspecified atom stereocenters. The predicted molar refractivity (Wildman–Crippen MR) is 95.1 cm³/mol. The van der Waals surface area contributed by atoms with Crippen LogP contribution in [-0.4, -0.2) is 60.4 Å². The molecule has 8 heteroatoms. The Balaban J connectivity index is 1.56. The van der Waals surface area contributed by atoms with Crippen molar-refractivity contribution in [3.63, 3.8) is 0 Å². The fourth-order valence-corrected chi connectivity index (χ4v) is 4.77. The van der Waals surface area contributed by atoms with Crippen molar-refractivity contribution >= 4 is 29.5 Å². The van der Waals surface area contributed by atoms with E-state index in [1.54, 1.807) is 7.05 Å². The van der Waals surface area contributed by atoms with Gasteiger partial charge in [-0.25, -0.2) is 4.79 Å². The Kier molecular flexibility index (Phi) is 7.36. The number of likely N-dealkylation sites (N-methyl/N-ethyl adjacent to an activating group) is 1. The normalized spacial score (nSPS) is 26.4. The molecule has 0 spiro atoms. The van der Waals surface area contributed by atoms with Crippen LogP contribution < -0.4 is 21.3 Å². The van der Waals surface area contributed by atoms with Crippen LogP contribution in [0.5, 0.6) is 0 Å². The molecule has 0 aromatic rings. The minimum Gasteiger partial charge on any atom is -0.348 e. The Hall–Kier alpha value is -1.28. The van der Waals surface area contributed by atoms with Crippen LogP contribution in [-0.2, 0) is 9.59 Å². The standard InChI is InChI=1S/C16H28N4O3S/c1-3-11(17-2)15(22)18-8-10(21)6-4-5-7-13-14-12(9-24-13)19-16(23)20-14/h11-14,17H,3-9H2,1-2H3,(H,18,22)(H2,19,20,23). The predicted octanol–water partition coefficient (Wildman–Crippen LogP) is 0.396. The summed E-state index contributed by atoms with van der Waals surface area (Å²) < 4.78 is 0. The number of fused-ring (bicyclic) bond motifs is 1. The molecule has 0 radical (unpaired) electrons. The molecule has 2 aliphatic heterocycles. The van der Waals surface area contributed by atoms with Gasteiger partial charge in [-0.05, 0) is 26.3 Å². The summed E-state index contributed by atoms with van der Waals surface area (Å²) in [5.41, 5.74) is 0. The van der Waals surface area contributed by atoms with Crippen LogP contribution in [0.2, 0.25) is 0 Å². The van der Waals surface area contributed by atoms with Gasteiger partial charge in [0.1, 0.15) is 0 Å². The maximum atomic E-state index is 11.9. The number of unbranched alkanes of at least 4 members (excludes halogenated alkanes) is 1. The molecular weight excluding hydrogens is 328 g/mol. The summed E-state index contributed by atoms with van der Waals surface area (Å²) in [4.78, 5) is 35.0. The van der Waals surface area contributed by atoms with Gasteiger partial charge in [0.05, 0.1) is 24.7 Å². The van der Waals surface area contributed by atoms with Crippen molar-refractivity contribution in [2.75, 3.05) is 19.3 Å². The quantitative estimate of drug-likeness (QED) is 0.335. The molecular formula is C16H28N4O3S. The van der Waals surface area contributed by atoms with Crippen molar-refractivity contribution in [2.45, 2.75) is 62.4 Å². The average molecular weight is 356 g/mol. The molecule has 0 aromatic carbocycles. The molecule has 2 saturated heterocycles. The Morgan fingerprint density at radius 2 is 2.12 bits per heavy atom. The van der Waals surface area contributed by atoms with Crippen molar-refractivity contribution in [1.29, 1.82) is 0 Å². The SMILES string of the molecule is CCC(NC)C(=O)NCC(=O)CCCCC1SCC2NC(=O)NC21. The van der Waals surface area contributed by atoms with Crippen LogP contribution in [0.15, 0.2) is 0 Å². The maximum Gasteiger partial charge on any atom is 0.315 e. The average Bonchev–Trinajstić information content (AvgIpc) is 3.10. The lowest BCUT2D eigenvalue weighted by Crippen LogP contribution is -2.43. The summed E-state index contributed by atoms with van der Waals surface area (Å²) in [6.07, 6.45) is 3.99. The number of urea groups is 1. The van der Waals surface area contributed by atoms with E-state index in [-0.39, 0.29) is 42.4 Å². The first-order chi connectivity index (χ1) is 11.5. The highest BCUT2D eigenvalue weighted by Crippen LogP contribution is 2.33. The highest BCUT2D eigenvalue weighted by Gasteiger charge is 2.42. The van der Waals surface area contributed by atoms with E-state index in [1.807, 2.05) is 18.7 Å². The van der Waals surface area contributed by atoms with Crippen molar-refractivity contribution in [3.05, 3.63) is 0 Å². The molecule has 7 nitrogen and oxygen atoms in total. The summed E-state index contributed by atoms with van der Waals surface area (Å²) in [7, 11) is 1.74. The van der Waals surface area contributed by atoms with Crippen LogP contribution in [0, 0.1) is 0 Å². The number of amides is 3. The number of carbonyl (C=O) groups excluding carboxylic acids is 3. The molecule has 24 heavy (non-hydrogen) atoms. The minimum atomic E-state index is -0.236. The fourth-order valence-electron chi connectivity index (χ4n) is 3.23. The van der Waals surface area contributed by atoms with Gasteiger partial charge in [0.25, 0.3) is 0 Å². The number of carbonyl (C=O) groups is 3. The van der Waals surface area contributed by atoms with Crippen LogP contribution in [0.1, 0.15) is 39.0 Å². The molecule has 2 aliphatic rings. The van der Waals surface area contributed by atoms with Crippen molar-refractivity contribution in [2.24, 2.45) is 0 Å². The molecule has 2 fully saturated rings. The highest BCUT2D eigenvalue weighted by molar-refractivity contribution is 8.00. The largest absolute Gasteiger partial charge is 0.348 e. The Morgan fingerprint density at radius 1 is 1.33 bits per heavy atom. The second kappa shape index (κ2) is 9.27. The summed E-state index contributed by atoms with van der Waals surface area (Å²) in [5.74, 6) is 0.914. The lowest BCUT2D eigenvalue weighted by Gasteiger charge is -2.16. The number of Topliss-reactive ketones (excluding diaryl/α,β-unsaturated/α-hetero) is 1. The monoisotopic (exact) mass is 356 g/mol. The van der Waals surface area contributed by atoms with Gasteiger partial charge >= 0.3 is 6.03 Å². The van der Waals surface area contributed by atoms with E-state index in [0.717, 1.165) is 25.0 Å². The zero-order valence-corrected chi connectivity index (χ0v) is 15.2. The van der Waals surface area contributed by atoms with Gasteiger partial charge in [0.15, 0.2) is 5.78 Å². The highest BCUT2D eigenvalue weighted by atomic mass is 32.2. The second-order valence-electron chi connectivity index (χ2n) is 6.37. The minimum absolute atomic E-state index is 0.0619. The van der Waals surface area contributed by atoms with Gasteiger partial charge < -0.3 is 21.3 Å². The van der Waals surface area contributed by atoms with E-state index in [9.17, 15) is 14.4 Å². The number of thioether (sulfide) groups is 1. The number of rotatable bonds is 10. The summed E-state index contributed by atoms with van der Waals surface area (Å²) in [5, 5.41) is 12.0. The van der Waals surface area contributed by atoms with E-state index < -0.39 is 0 Å². The summed E-state index contributed by atoms with van der Waals surface area (Å²) in [6, 6.07) is 0.182. The van der Waals surface area contributed by atoms with Crippen LogP contribution in [0.4, 0.5) is 4.79 Å². The number of hydrogen-bond acceptors (Lipinski definition) is 5. The molecule has 3 amide bonds. The maximum absolute atomic E-state index is 11.9. The van der Waals surface area contributed by atoms with Crippen LogP contribution >= 0.6 is 11.8 Å². The third-order valence-corrected chi connectivity index (χ3v) is 6.17. The smallest absolute Gasteiger partial charge is 0.315 e. The topological polar surface area (TPSA) is 99.3 Å². The third kappa shape index (κ3) is 5.11. The van der Waals surface area contributed by atoms with E-state index in [0.29, 0.717) is 18.1 Å². The molecule has 0 bridgehead atoms. The molecule has 0 aliphatic carbocycles. The van der Waals surface area contributed by atoms with Crippen molar-refractivity contribution in [1.82, 2.24) is 21.3 Å². The van der Waals surface area contributed by atoms with Crippen LogP contribution in [0.25, 0.3) is 0 Å². The number of hydrogen-bond donors (Lipinski definition) is 4.